The molecule has 9 heteroatoms. The maximum absolute atomic E-state index is 12.8. The number of amides is 1. The van der Waals surface area contributed by atoms with Crippen molar-refractivity contribution in [3.63, 3.8) is 0 Å². The van der Waals surface area contributed by atoms with Crippen LogP contribution in [0.25, 0.3) is 11.1 Å². The number of aromatic nitrogens is 1. The van der Waals surface area contributed by atoms with Gasteiger partial charge in [0, 0.05) is 32.2 Å². The van der Waals surface area contributed by atoms with E-state index >= 15 is 0 Å². The number of benzene rings is 1. The molecule has 0 aliphatic carbocycles. The Bertz CT molecular complexity index is 1070. The van der Waals surface area contributed by atoms with E-state index in [-0.39, 0.29) is 22.9 Å². The van der Waals surface area contributed by atoms with Gasteiger partial charge in [-0.25, -0.2) is 13.2 Å². The molecule has 2 atom stereocenters. The lowest BCUT2D eigenvalue weighted by molar-refractivity contribution is -0.134. The van der Waals surface area contributed by atoms with Crippen molar-refractivity contribution in [1.29, 1.82) is 0 Å². The van der Waals surface area contributed by atoms with Crippen molar-refractivity contribution < 1.29 is 17.6 Å². The zero-order valence-electron chi connectivity index (χ0n) is 16.8. The summed E-state index contributed by atoms with van der Waals surface area (Å²) in [6.45, 7) is 6.52. The fourth-order valence-electron chi connectivity index (χ4n) is 4.54. The smallest absolute Gasteiger partial charge is 0.408 e. The van der Waals surface area contributed by atoms with Gasteiger partial charge in [-0.2, -0.15) is 4.31 Å². The minimum absolute atomic E-state index is 0.108. The van der Waals surface area contributed by atoms with Gasteiger partial charge in [-0.1, -0.05) is 13.8 Å². The molecule has 2 fully saturated rings. The van der Waals surface area contributed by atoms with Crippen molar-refractivity contribution in [2.45, 2.75) is 44.6 Å². The Balaban J connectivity index is 1.60. The van der Waals surface area contributed by atoms with Crippen LogP contribution in [0, 0.1) is 11.8 Å². The SMILES string of the molecule is C[C@H]1C[C@H](C)CN(C(=O)Cn2c(=O)oc3cc(S(=O)(=O)N4CCCC4)ccc32)C1. The molecular formula is C20H27N3O5S. The second-order valence-electron chi connectivity index (χ2n) is 8.44. The minimum atomic E-state index is -3.60. The van der Waals surface area contributed by atoms with Gasteiger partial charge in [0.25, 0.3) is 0 Å². The molecule has 4 rings (SSSR count). The topological polar surface area (TPSA) is 92.8 Å². The van der Waals surface area contributed by atoms with Crippen LogP contribution >= 0.6 is 0 Å². The molecule has 2 aliphatic heterocycles. The Labute approximate surface area is 170 Å². The van der Waals surface area contributed by atoms with Gasteiger partial charge < -0.3 is 9.32 Å². The Morgan fingerprint density at radius 1 is 1.14 bits per heavy atom. The van der Waals surface area contributed by atoms with E-state index in [0.29, 0.717) is 43.5 Å². The molecule has 0 bridgehead atoms. The van der Waals surface area contributed by atoms with Gasteiger partial charge in [-0.05, 0) is 43.2 Å². The molecule has 2 aromatic rings. The van der Waals surface area contributed by atoms with Gasteiger partial charge in [-0.15, -0.1) is 0 Å². The van der Waals surface area contributed by atoms with Crippen molar-refractivity contribution in [3.8, 4) is 0 Å². The third-order valence-electron chi connectivity index (χ3n) is 5.86. The van der Waals surface area contributed by atoms with Crippen LogP contribution in [0.5, 0.6) is 0 Å². The lowest BCUT2D eigenvalue weighted by atomic mass is 9.92. The molecule has 29 heavy (non-hydrogen) atoms. The summed E-state index contributed by atoms with van der Waals surface area (Å²) in [7, 11) is -3.60. The number of sulfonamides is 1. The fourth-order valence-corrected chi connectivity index (χ4v) is 6.07. The van der Waals surface area contributed by atoms with E-state index in [0.717, 1.165) is 19.3 Å². The predicted molar refractivity (Wildman–Crippen MR) is 108 cm³/mol. The number of nitrogens with zero attached hydrogens (tertiary/aromatic N) is 3. The third-order valence-corrected chi connectivity index (χ3v) is 7.75. The van der Waals surface area contributed by atoms with Gasteiger partial charge in [-0.3, -0.25) is 9.36 Å². The van der Waals surface area contributed by atoms with Gasteiger partial charge in [0.1, 0.15) is 6.54 Å². The first-order valence-corrected chi connectivity index (χ1v) is 11.6. The molecule has 3 heterocycles. The number of piperidine rings is 1. The van der Waals surface area contributed by atoms with Crippen molar-refractivity contribution in [2.75, 3.05) is 26.2 Å². The summed E-state index contributed by atoms with van der Waals surface area (Å²) < 4.78 is 33.5. The van der Waals surface area contributed by atoms with E-state index in [9.17, 15) is 18.0 Å². The van der Waals surface area contributed by atoms with E-state index in [4.69, 9.17) is 4.42 Å². The molecule has 0 spiro atoms. The van der Waals surface area contributed by atoms with Crippen molar-refractivity contribution in [1.82, 2.24) is 13.8 Å². The Kier molecular flexibility index (Phi) is 5.29. The highest BCUT2D eigenvalue weighted by atomic mass is 32.2. The second kappa shape index (κ2) is 7.60. The van der Waals surface area contributed by atoms with Gasteiger partial charge in [0.2, 0.25) is 15.9 Å². The molecule has 0 saturated carbocycles. The number of rotatable bonds is 4. The van der Waals surface area contributed by atoms with E-state index in [1.165, 1.54) is 21.0 Å². The summed E-state index contributed by atoms with van der Waals surface area (Å²) >= 11 is 0. The molecule has 8 nitrogen and oxygen atoms in total. The quantitative estimate of drug-likeness (QED) is 0.752. The first-order valence-electron chi connectivity index (χ1n) is 10.2. The van der Waals surface area contributed by atoms with Crippen LogP contribution in [0.1, 0.15) is 33.1 Å². The fraction of sp³-hybridized carbons (Fsp3) is 0.600. The summed E-state index contributed by atoms with van der Waals surface area (Å²) in [5.74, 6) is 0.0851. The summed E-state index contributed by atoms with van der Waals surface area (Å²) in [5.41, 5.74) is 0.616. The van der Waals surface area contributed by atoms with E-state index in [2.05, 4.69) is 13.8 Å². The van der Waals surface area contributed by atoms with Crippen LogP contribution in [0.15, 0.2) is 32.3 Å². The molecule has 0 N–H and O–H groups in total. The summed E-state index contributed by atoms with van der Waals surface area (Å²) in [5, 5.41) is 0. The number of carbonyl (C=O) groups excluding carboxylic acids is 1. The summed E-state index contributed by atoms with van der Waals surface area (Å²) in [6.07, 6.45) is 2.79. The Morgan fingerprint density at radius 2 is 1.79 bits per heavy atom. The first kappa shape index (κ1) is 20.2. The monoisotopic (exact) mass is 421 g/mol. The third kappa shape index (κ3) is 3.85. The molecule has 2 aliphatic rings. The minimum Gasteiger partial charge on any atom is -0.408 e. The van der Waals surface area contributed by atoms with Crippen molar-refractivity contribution in [3.05, 3.63) is 28.7 Å². The van der Waals surface area contributed by atoms with Crippen molar-refractivity contribution >= 4 is 27.0 Å². The highest BCUT2D eigenvalue weighted by Crippen LogP contribution is 2.25. The van der Waals surface area contributed by atoms with Crippen LogP contribution in [0.4, 0.5) is 0 Å². The lowest BCUT2D eigenvalue weighted by Crippen LogP contribution is -2.44. The molecule has 1 aromatic heterocycles. The average Bonchev–Trinajstić information content (AvgIpc) is 3.29. The standard InChI is InChI=1S/C20H27N3O5S/c1-14-9-15(2)12-21(11-14)19(24)13-23-17-6-5-16(10-18(17)28-20(23)25)29(26,27)22-7-3-4-8-22/h5-6,10,14-15H,3-4,7-9,11-13H2,1-2H3/t14-,15-/m0/s1. The van der Waals surface area contributed by atoms with Crippen LogP contribution < -0.4 is 5.76 Å². The highest BCUT2D eigenvalue weighted by Gasteiger charge is 2.29. The molecule has 158 valence electrons. The van der Waals surface area contributed by atoms with E-state index in [1.54, 1.807) is 11.0 Å². The number of likely N-dealkylation sites (tertiary alicyclic amines) is 1. The number of hydrogen-bond donors (Lipinski definition) is 0. The maximum atomic E-state index is 12.8. The normalized spacial score (nSPS) is 23.7. The van der Waals surface area contributed by atoms with Crippen molar-refractivity contribution in [2.24, 2.45) is 11.8 Å². The van der Waals surface area contributed by atoms with Gasteiger partial charge in [0.05, 0.1) is 10.4 Å². The second-order valence-corrected chi connectivity index (χ2v) is 10.4. The highest BCUT2D eigenvalue weighted by molar-refractivity contribution is 7.89. The zero-order chi connectivity index (χ0) is 20.8. The van der Waals surface area contributed by atoms with E-state index < -0.39 is 15.8 Å². The van der Waals surface area contributed by atoms with Crippen LogP contribution in [-0.4, -0.2) is 54.3 Å². The van der Waals surface area contributed by atoms with Gasteiger partial charge in [0.15, 0.2) is 5.58 Å². The van der Waals surface area contributed by atoms with Gasteiger partial charge >= 0.3 is 5.76 Å². The zero-order valence-corrected chi connectivity index (χ0v) is 17.7. The number of carbonyl (C=O) groups is 1. The largest absolute Gasteiger partial charge is 0.420 e. The number of fused-ring (bicyclic) bond motifs is 1. The first-order chi connectivity index (χ1) is 13.8. The molecule has 0 unspecified atom stereocenters. The Hall–Kier alpha value is -2.13. The van der Waals surface area contributed by atoms with Crippen LogP contribution in [-0.2, 0) is 21.4 Å². The average molecular weight is 422 g/mol. The molecule has 1 amide bonds. The Morgan fingerprint density at radius 3 is 2.45 bits per heavy atom. The molecule has 1 aromatic carbocycles. The maximum Gasteiger partial charge on any atom is 0.420 e. The predicted octanol–water partition coefficient (Wildman–Crippen LogP) is 1.88. The summed E-state index contributed by atoms with van der Waals surface area (Å²) in [6, 6.07) is 4.42. The number of oxazole rings is 1. The molecular weight excluding hydrogens is 394 g/mol. The lowest BCUT2D eigenvalue weighted by Gasteiger charge is -2.35. The molecule has 2 saturated heterocycles. The van der Waals surface area contributed by atoms with Crippen LogP contribution in [0.2, 0.25) is 0 Å². The van der Waals surface area contributed by atoms with E-state index in [1.807, 2.05) is 0 Å². The summed E-state index contributed by atoms with van der Waals surface area (Å²) in [4.78, 5) is 27.1. The van der Waals surface area contributed by atoms with Crippen LogP contribution in [0.3, 0.4) is 0 Å². The number of hydrogen-bond acceptors (Lipinski definition) is 5. The molecule has 0 radical (unpaired) electrons.